The fraction of sp³-hybridized carbons (Fsp3) is 0.389. The van der Waals surface area contributed by atoms with Crippen LogP contribution in [0.4, 0.5) is 11.5 Å². The van der Waals surface area contributed by atoms with E-state index in [9.17, 15) is 0 Å². The monoisotopic (exact) mass is 283 g/mol. The van der Waals surface area contributed by atoms with Crippen LogP contribution in [0.3, 0.4) is 0 Å². The van der Waals surface area contributed by atoms with Gasteiger partial charge >= 0.3 is 0 Å². The molecule has 0 spiro atoms. The Kier molecular flexibility index (Phi) is 4.97. The molecule has 0 bridgehead atoms. The van der Waals surface area contributed by atoms with Crippen LogP contribution in [0, 0.1) is 13.8 Å². The van der Waals surface area contributed by atoms with Gasteiger partial charge in [-0.25, -0.2) is 4.98 Å². The van der Waals surface area contributed by atoms with Gasteiger partial charge in [-0.1, -0.05) is 19.1 Å². The molecule has 0 aliphatic rings. The van der Waals surface area contributed by atoms with Gasteiger partial charge in [-0.15, -0.1) is 0 Å². The van der Waals surface area contributed by atoms with Crippen molar-refractivity contribution in [1.82, 2.24) is 10.3 Å². The molecule has 1 heterocycles. The zero-order chi connectivity index (χ0) is 15.4. The van der Waals surface area contributed by atoms with Crippen molar-refractivity contribution in [3.63, 3.8) is 0 Å². The van der Waals surface area contributed by atoms with Gasteiger partial charge in [-0.3, -0.25) is 0 Å². The summed E-state index contributed by atoms with van der Waals surface area (Å²) in [6.07, 6.45) is 1.86. The van der Waals surface area contributed by atoms with E-state index in [4.69, 9.17) is 0 Å². The number of aryl methyl sites for hydroxylation is 2. The SMILES string of the molecule is CCNC(C)c1cccnc1N(C)c1cc(C)cc(C)c1. The van der Waals surface area contributed by atoms with E-state index in [2.05, 4.69) is 74.2 Å². The van der Waals surface area contributed by atoms with Crippen LogP contribution in [0.15, 0.2) is 36.5 Å². The first-order chi connectivity index (χ1) is 10.0. The molecule has 0 aliphatic carbocycles. The van der Waals surface area contributed by atoms with Crippen molar-refractivity contribution in [3.8, 4) is 0 Å². The summed E-state index contributed by atoms with van der Waals surface area (Å²) < 4.78 is 0. The first kappa shape index (κ1) is 15.5. The Bertz CT molecular complexity index is 587. The van der Waals surface area contributed by atoms with E-state index < -0.39 is 0 Å². The largest absolute Gasteiger partial charge is 0.329 e. The Balaban J connectivity index is 2.41. The average Bonchev–Trinajstić information content (AvgIpc) is 2.45. The van der Waals surface area contributed by atoms with E-state index in [0.717, 1.165) is 12.4 Å². The van der Waals surface area contributed by atoms with Gasteiger partial charge in [0.25, 0.3) is 0 Å². The van der Waals surface area contributed by atoms with Crippen molar-refractivity contribution in [1.29, 1.82) is 0 Å². The molecule has 112 valence electrons. The van der Waals surface area contributed by atoms with Gasteiger partial charge in [-0.05, 0) is 56.6 Å². The van der Waals surface area contributed by atoms with E-state index in [1.807, 2.05) is 12.3 Å². The maximum atomic E-state index is 4.60. The summed E-state index contributed by atoms with van der Waals surface area (Å²) in [6.45, 7) is 9.51. The molecular formula is C18H25N3. The lowest BCUT2D eigenvalue weighted by Crippen LogP contribution is -2.22. The summed E-state index contributed by atoms with van der Waals surface area (Å²) in [5, 5.41) is 3.46. The average molecular weight is 283 g/mol. The van der Waals surface area contributed by atoms with Crippen LogP contribution in [0.1, 0.15) is 36.6 Å². The zero-order valence-electron chi connectivity index (χ0n) is 13.6. The molecule has 0 saturated heterocycles. The smallest absolute Gasteiger partial charge is 0.137 e. The fourth-order valence-electron chi connectivity index (χ4n) is 2.71. The van der Waals surface area contributed by atoms with Crippen LogP contribution in [0.5, 0.6) is 0 Å². The summed E-state index contributed by atoms with van der Waals surface area (Å²) in [5.74, 6) is 1.01. The number of hydrogen-bond acceptors (Lipinski definition) is 3. The third-order valence-corrected chi connectivity index (χ3v) is 3.71. The molecule has 2 rings (SSSR count). The Morgan fingerprint density at radius 3 is 2.48 bits per heavy atom. The zero-order valence-corrected chi connectivity index (χ0v) is 13.6. The van der Waals surface area contributed by atoms with Gasteiger partial charge in [0, 0.05) is 30.5 Å². The molecule has 1 aromatic heterocycles. The summed E-state index contributed by atoms with van der Waals surface area (Å²) in [7, 11) is 2.08. The molecule has 0 amide bonds. The predicted molar refractivity (Wildman–Crippen MR) is 90.3 cm³/mol. The van der Waals surface area contributed by atoms with E-state index in [-0.39, 0.29) is 6.04 Å². The highest BCUT2D eigenvalue weighted by molar-refractivity contribution is 5.64. The second-order valence-corrected chi connectivity index (χ2v) is 5.60. The number of pyridine rings is 1. The molecule has 0 fully saturated rings. The molecule has 21 heavy (non-hydrogen) atoms. The maximum absolute atomic E-state index is 4.60. The topological polar surface area (TPSA) is 28.2 Å². The lowest BCUT2D eigenvalue weighted by atomic mass is 10.1. The molecule has 1 N–H and O–H groups in total. The standard InChI is InChI=1S/C18H25N3/c1-6-19-15(4)17-8-7-9-20-18(17)21(5)16-11-13(2)10-14(3)12-16/h7-12,15,19H,6H2,1-5H3. The molecule has 3 heteroatoms. The van der Waals surface area contributed by atoms with Gasteiger partial charge < -0.3 is 10.2 Å². The number of rotatable bonds is 5. The normalized spacial score (nSPS) is 12.2. The van der Waals surface area contributed by atoms with Crippen molar-refractivity contribution in [2.45, 2.75) is 33.7 Å². The number of benzene rings is 1. The predicted octanol–water partition coefficient (Wildman–Crippen LogP) is 4.14. The highest BCUT2D eigenvalue weighted by Crippen LogP contribution is 2.29. The minimum atomic E-state index is 0.284. The number of aromatic nitrogens is 1. The third kappa shape index (κ3) is 3.61. The number of nitrogens with zero attached hydrogens (tertiary/aromatic N) is 2. The van der Waals surface area contributed by atoms with E-state index in [1.54, 1.807) is 0 Å². The summed E-state index contributed by atoms with van der Waals surface area (Å²) in [4.78, 5) is 6.77. The molecular weight excluding hydrogens is 258 g/mol. The third-order valence-electron chi connectivity index (χ3n) is 3.71. The molecule has 0 radical (unpaired) electrons. The molecule has 1 aromatic carbocycles. The molecule has 0 saturated carbocycles. The van der Waals surface area contributed by atoms with Gasteiger partial charge in [-0.2, -0.15) is 0 Å². The lowest BCUT2D eigenvalue weighted by Gasteiger charge is -2.25. The minimum absolute atomic E-state index is 0.284. The highest BCUT2D eigenvalue weighted by atomic mass is 15.2. The van der Waals surface area contributed by atoms with Crippen molar-refractivity contribution in [2.24, 2.45) is 0 Å². The van der Waals surface area contributed by atoms with Gasteiger partial charge in [0.1, 0.15) is 5.82 Å². The van der Waals surface area contributed by atoms with Crippen LogP contribution in [-0.4, -0.2) is 18.6 Å². The summed E-state index contributed by atoms with van der Waals surface area (Å²) in [5.41, 5.74) is 4.94. The molecule has 1 atom stereocenters. The fourth-order valence-corrected chi connectivity index (χ4v) is 2.71. The summed E-state index contributed by atoms with van der Waals surface area (Å²) >= 11 is 0. The second-order valence-electron chi connectivity index (χ2n) is 5.60. The van der Waals surface area contributed by atoms with Crippen LogP contribution >= 0.6 is 0 Å². The second kappa shape index (κ2) is 6.72. The van der Waals surface area contributed by atoms with E-state index >= 15 is 0 Å². The van der Waals surface area contributed by atoms with Crippen LogP contribution < -0.4 is 10.2 Å². The van der Waals surface area contributed by atoms with E-state index in [1.165, 1.54) is 22.4 Å². The van der Waals surface area contributed by atoms with E-state index in [0.29, 0.717) is 0 Å². The van der Waals surface area contributed by atoms with Gasteiger partial charge in [0.15, 0.2) is 0 Å². The molecule has 2 aromatic rings. The van der Waals surface area contributed by atoms with Gasteiger partial charge in [0.2, 0.25) is 0 Å². The Labute approximate surface area is 128 Å². The minimum Gasteiger partial charge on any atom is -0.329 e. The van der Waals surface area contributed by atoms with Gasteiger partial charge in [0.05, 0.1) is 0 Å². The van der Waals surface area contributed by atoms with Crippen LogP contribution in [0.2, 0.25) is 0 Å². The molecule has 1 unspecified atom stereocenters. The van der Waals surface area contributed by atoms with Crippen molar-refractivity contribution < 1.29 is 0 Å². The Morgan fingerprint density at radius 2 is 1.86 bits per heavy atom. The molecule has 0 aliphatic heterocycles. The Hall–Kier alpha value is -1.87. The quantitative estimate of drug-likeness (QED) is 0.894. The van der Waals surface area contributed by atoms with Crippen LogP contribution in [-0.2, 0) is 0 Å². The van der Waals surface area contributed by atoms with Crippen LogP contribution in [0.25, 0.3) is 0 Å². The maximum Gasteiger partial charge on any atom is 0.137 e. The first-order valence-corrected chi connectivity index (χ1v) is 7.53. The number of anilines is 2. The van der Waals surface area contributed by atoms with Crippen molar-refractivity contribution in [3.05, 3.63) is 53.2 Å². The van der Waals surface area contributed by atoms with Crippen molar-refractivity contribution in [2.75, 3.05) is 18.5 Å². The summed E-state index contributed by atoms with van der Waals surface area (Å²) in [6, 6.07) is 11.0. The number of nitrogens with one attached hydrogen (secondary N) is 1. The molecule has 3 nitrogen and oxygen atoms in total. The first-order valence-electron chi connectivity index (χ1n) is 7.53. The van der Waals surface area contributed by atoms with Crippen molar-refractivity contribution >= 4 is 11.5 Å². The number of hydrogen-bond donors (Lipinski definition) is 1. The highest BCUT2D eigenvalue weighted by Gasteiger charge is 2.15. The lowest BCUT2D eigenvalue weighted by molar-refractivity contribution is 0.596. The Morgan fingerprint density at radius 1 is 1.19 bits per heavy atom.